The van der Waals surface area contributed by atoms with Crippen LogP contribution in [0.5, 0.6) is 0 Å². The molecule has 0 aromatic heterocycles. The number of alkyl halides is 8. The maximum atomic E-state index is 14.1. The predicted molar refractivity (Wildman–Crippen MR) is 134 cm³/mol. The van der Waals surface area contributed by atoms with E-state index in [0.717, 1.165) is 44.9 Å². The predicted octanol–water partition coefficient (Wildman–Crippen LogP) is 7.32. The molecule has 0 aliphatic rings. The third kappa shape index (κ3) is 10.4. The van der Waals surface area contributed by atoms with Crippen molar-refractivity contribution in [1.82, 2.24) is 4.72 Å². The number of carbonyl (C=O) groups is 1. The minimum atomic E-state index is -6.25. The fourth-order valence-electron chi connectivity index (χ4n) is 4.19. The van der Waals surface area contributed by atoms with Crippen LogP contribution in [0.4, 0.5) is 35.1 Å². The SMILES string of the molecule is CCCCCCCCCCCC(=O)NS(=O)(=O)[C@@](C)(O)[C@H](CC(F)(F)C(F)(F)F)c1ccc(C#N)c(C(F)(F)F)c1. The second-order valence-electron chi connectivity index (χ2n) is 10.0. The highest BCUT2D eigenvalue weighted by molar-refractivity contribution is 7.91. The smallest absolute Gasteiger partial charge is 0.373 e. The lowest BCUT2D eigenvalue weighted by Crippen LogP contribution is -2.52. The van der Waals surface area contributed by atoms with Crippen molar-refractivity contribution in [2.24, 2.45) is 0 Å². The topological polar surface area (TPSA) is 107 Å². The third-order valence-corrected chi connectivity index (χ3v) is 8.56. The minimum Gasteiger partial charge on any atom is -0.373 e. The van der Waals surface area contributed by atoms with Gasteiger partial charge in [0.2, 0.25) is 5.91 Å². The van der Waals surface area contributed by atoms with E-state index in [1.807, 2.05) is 0 Å². The number of hydrogen-bond acceptors (Lipinski definition) is 5. The first kappa shape index (κ1) is 36.6. The molecule has 234 valence electrons. The number of rotatable bonds is 16. The molecule has 2 N–H and O–H groups in total. The van der Waals surface area contributed by atoms with Crippen LogP contribution in [0.2, 0.25) is 0 Å². The maximum Gasteiger partial charge on any atom is 0.453 e. The summed E-state index contributed by atoms with van der Waals surface area (Å²) in [6.45, 7) is 2.39. The Balaban J connectivity index is 3.20. The van der Waals surface area contributed by atoms with Gasteiger partial charge >= 0.3 is 18.3 Å². The summed E-state index contributed by atoms with van der Waals surface area (Å²) in [6, 6.07) is 2.23. The molecule has 1 aromatic carbocycles. The Kier molecular flexibility index (Phi) is 13.0. The summed E-state index contributed by atoms with van der Waals surface area (Å²) in [7, 11) is -5.44. The van der Waals surface area contributed by atoms with Gasteiger partial charge in [-0.1, -0.05) is 64.4 Å². The number of halogens is 8. The fraction of sp³-hybridized carbons (Fsp3) is 0.692. The van der Waals surface area contributed by atoms with Gasteiger partial charge in [-0.15, -0.1) is 0 Å². The van der Waals surface area contributed by atoms with E-state index in [1.165, 1.54) is 10.8 Å². The van der Waals surface area contributed by atoms with Crippen molar-refractivity contribution in [2.45, 2.75) is 114 Å². The Morgan fingerprint density at radius 3 is 1.93 bits per heavy atom. The van der Waals surface area contributed by atoms with Crippen LogP contribution in [0.1, 0.15) is 107 Å². The van der Waals surface area contributed by atoms with Crippen LogP contribution in [-0.4, -0.2) is 36.5 Å². The molecule has 15 heteroatoms. The minimum absolute atomic E-state index is 0.0315. The van der Waals surface area contributed by atoms with Crippen LogP contribution >= 0.6 is 0 Å². The number of hydrogen-bond donors (Lipinski definition) is 2. The van der Waals surface area contributed by atoms with Crippen molar-refractivity contribution >= 4 is 15.9 Å². The van der Waals surface area contributed by atoms with E-state index < -0.39 is 68.2 Å². The van der Waals surface area contributed by atoms with Crippen LogP contribution in [-0.2, 0) is 21.0 Å². The molecule has 0 bridgehead atoms. The number of amides is 1. The van der Waals surface area contributed by atoms with E-state index in [9.17, 15) is 53.4 Å². The zero-order valence-corrected chi connectivity index (χ0v) is 23.5. The Hall–Kier alpha value is -2.47. The Morgan fingerprint density at radius 2 is 1.46 bits per heavy atom. The second-order valence-corrected chi connectivity index (χ2v) is 12.1. The first-order valence-electron chi connectivity index (χ1n) is 13.0. The van der Waals surface area contributed by atoms with Crippen molar-refractivity contribution < 1.29 is 53.4 Å². The van der Waals surface area contributed by atoms with Crippen LogP contribution in [0, 0.1) is 11.3 Å². The van der Waals surface area contributed by atoms with Gasteiger partial charge in [0.25, 0.3) is 10.0 Å². The van der Waals surface area contributed by atoms with E-state index in [1.54, 1.807) is 0 Å². The summed E-state index contributed by atoms with van der Waals surface area (Å²) < 4.78 is 135. The number of nitrogens with one attached hydrogen (secondary N) is 1. The van der Waals surface area contributed by atoms with E-state index in [0.29, 0.717) is 25.5 Å². The molecule has 0 saturated carbocycles. The highest BCUT2D eigenvalue weighted by Gasteiger charge is 2.61. The Labute approximate surface area is 234 Å². The number of carbonyl (C=O) groups excluding carboxylic acids is 1. The molecule has 0 saturated heterocycles. The normalized spacial score (nSPS) is 15.2. The number of nitriles is 1. The molecular weight excluding hydrogens is 588 g/mol. The molecule has 0 fully saturated rings. The van der Waals surface area contributed by atoms with Gasteiger partial charge in [0.05, 0.1) is 17.2 Å². The van der Waals surface area contributed by atoms with Crippen LogP contribution in [0.25, 0.3) is 0 Å². The molecular formula is C26H34F8N2O4S. The van der Waals surface area contributed by atoms with Crippen LogP contribution in [0.15, 0.2) is 18.2 Å². The first-order valence-corrected chi connectivity index (χ1v) is 14.5. The van der Waals surface area contributed by atoms with Gasteiger partial charge in [-0.05, 0) is 31.0 Å². The Bertz CT molecular complexity index is 1160. The summed E-state index contributed by atoms with van der Waals surface area (Å²) in [5.74, 6) is -9.64. The van der Waals surface area contributed by atoms with Gasteiger partial charge in [-0.25, -0.2) is 8.42 Å². The zero-order valence-electron chi connectivity index (χ0n) is 22.6. The molecule has 6 nitrogen and oxygen atoms in total. The molecule has 1 aromatic rings. The Morgan fingerprint density at radius 1 is 0.951 bits per heavy atom. The average Bonchev–Trinajstić information content (AvgIpc) is 2.84. The zero-order chi connectivity index (χ0) is 31.7. The highest BCUT2D eigenvalue weighted by Crippen LogP contribution is 2.47. The van der Waals surface area contributed by atoms with E-state index in [-0.39, 0.29) is 18.9 Å². The van der Waals surface area contributed by atoms with Gasteiger partial charge in [-0.2, -0.15) is 40.4 Å². The number of nitrogens with zero attached hydrogens (tertiary/aromatic N) is 1. The van der Waals surface area contributed by atoms with Crippen LogP contribution < -0.4 is 4.72 Å². The van der Waals surface area contributed by atoms with Crippen molar-refractivity contribution in [3.63, 3.8) is 0 Å². The standard InChI is InChI=1S/C26H34F8N2O4S/c1-3-4-5-6-7-8-9-10-11-12-22(37)36-41(39,40)23(2,38)21(16-24(27,28)26(32,33)34)18-13-14-19(17-35)20(15-18)25(29,30)31/h13-15,21,38H,3-12,16H2,1-2H3,(H,36,37)/t21-,23-/m1/s1. The molecule has 0 aliphatic carbocycles. The number of aliphatic hydroxyl groups is 1. The summed E-state index contributed by atoms with van der Waals surface area (Å²) in [6.07, 6.45) is -6.59. The first-order chi connectivity index (χ1) is 18.7. The molecule has 0 unspecified atom stereocenters. The number of unbranched alkanes of at least 4 members (excludes halogenated alkanes) is 8. The summed E-state index contributed by atoms with van der Waals surface area (Å²) in [4.78, 5) is 8.65. The molecule has 41 heavy (non-hydrogen) atoms. The molecule has 1 rings (SSSR count). The molecule has 0 spiro atoms. The molecule has 0 aliphatic heterocycles. The highest BCUT2D eigenvalue weighted by atomic mass is 32.2. The van der Waals surface area contributed by atoms with Gasteiger partial charge in [-0.3, -0.25) is 9.52 Å². The summed E-state index contributed by atoms with van der Waals surface area (Å²) in [5, 5.41) is 19.8. The molecule has 1 amide bonds. The second kappa shape index (κ2) is 14.6. The van der Waals surface area contributed by atoms with E-state index >= 15 is 0 Å². The maximum absolute atomic E-state index is 14.1. The molecule has 0 heterocycles. The van der Waals surface area contributed by atoms with Gasteiger partial charge in [0.15, 0.2) is 4.93 Å². The molecule has 2 atom stereocenters. The summed E-state index contributed by atoms with van der Waals surface area (Å²) in [5.41, 5.74) is -3.82. The van der Waals surface area contributed by atoms with E-state index in [4.69, 9.17) is 5.26 Å². The summed E-state index contributed by atoms with van der Waals surface area (Å²) >= 11 is 0. The van der Waals surface area contributed by atoms with Crippen molar-refractivity contribution in [3.8, 4) is 6.07 Å². The lowest BCUT2D eigenvalue weighted by atomic mass is 9.86. The van der Waals surface area contributed by atoms with Crippen LogP contribution in [0.3, 0.4) is 0 Å². The average molecular weight is 623 g/mol. The third-order valence-electron chi connectivity index (χ3n) is 6.69. The lowest BCUT2D eigenvalue weighted by molar-refractivity contribution is -0.287. The van der Waals surface area contributed by atoms with Crippen molar-refractivity contribution in [1.29, 1.82) is 5.26 Å². The van der Waals surface area contributed by atoms with E-state index in [2.05, 4.69) is 6.92 Å². The van der Waals surface area contributed by atoms with Gasteiger partial charge in [0, 0.05) is 18.8 Å². The van der Waals surface area contributed by atoms with Gasteiger partial charge < -0.3 is 5.11 Å². The fourth-order valence-corrected chi connectivity index (χ4v) is 5.39. The van der Waals surface area contributed by atoms with Gasteiger partial charge in [0.1, 0.15) is 0 Å². The number of benzene rings is 1. The quantitative estimate of drug-likeness (QED) is 0.148. The van der Waals surface area contributed by atoms with Crippen molar-refractivity contribution in [3.05, 3.63) is 34.9 Å². The largest absolute Gasteiger partial charge is 0.453 e. The molecule has 0 radical (unpaired) electrons. The monoisotopic (exact) mass is 622 g/mol. The number of sulfonamides is 1. The van der Waals surface area contributed by atoms with Crippen molar-refractivity contribution in [2.75, 3.05) is 0 Å². The lowest BCUT2D eigenvalue weighted by Gasteiger charge is -2.35.